The van der Waals surface area contributed by atoms with Crippen LogP contribution in [0.2, 0.25) is 0 Å². The zero-order chi connectivity index (χ0) is 18.0. The minimum Gasteiger partial charge on any atom is -0.459 e. The van der Waals surface area contributed by atoms with Crippen LogP contribution >= 0.6 is 0 Å². The highest BCUT2D eigenvalue weighted by molar-refractivity contribution is 5.83. The van der Waals surface area contributed by atoms with E-state index in [-0.39, 0.29) is 29.9 Å². The molecule has 1 fully saturated rings. The van der Waals surface area contributed by atoms with Crippen LogP contribution in [0, 0.1) is 12.8 Å². The smallest absolute Gasteiger partial charge is 0.315 e. The number of aryl methyl sites for hydroxylation is 1. The van der Waals surface area contributed by atoms with Crippen molar-refractivity contribution in [2.24, 2.45) is 5.92 Å². The fraction of sp³-hybridized carbons (Fsp3) is 0.474. The van der Waals surface area contributed by atoms with Crippen molar-refractivity contribution in [2.75, 3.05) is 7.05 Å². The molecule has 1 aliphatic carbocycles. The minimum atomic E-state index is -0.270. The summed E-state index contributed by atoms with van der Waals surface area (Å²) in [4.78, 5) is 24.3. The van der Waals surface area contributed by atoms with Gasteiger partial charge in [0.2, 0.25) is 5.91 Å². The molecule has 0 radical (unpaired) electrons. The van der Waals surface area contributed by atoms with Gasteiger partial charge >= 0.3 is 6.03 Å². The third-order valence-corrected chi connectivity index (χ3v) is 5.04. The van der Waals surface area contributed by atoms with Crippen molar-refractivity contribution in [2.45, 2.75) is 45.2 Å². The van der Waals surface area contributed by atoms with Crippen LogP contribution in [0.3, 0.4) is 0 Å². The molecule has 3 unspecified atom stereocenters. The van der Waals surface area contributed by atoms with Crippen LogP contribution in [0.4, 0.5) is 4.79 Å². The van der Waals surface area contributed by atoms with E-state index in [1.807, 2.05) is 38.1 Å². The Morgan fingerprint density at radius 3 is 2.72 bits per heavy atom. The van der Waals surface area contributed by atoms with Crippen LogP contribution in [-0.2, 0) is 4.79 Å². The predicted molar refractivity (Wildman–Crippen MR) is 96.2 cm³/mol. The molecule has 1 aromatic heterocycles. The third-order valence-electron chi connectivity index (χ3n) is 5.04. The number of nitrogens with one attached hydrogen (secondary N) is 3. The van der Waals surface area contributed by atoms with E-state index in [0.29, 0.717) is 0 Å². The molecule has 0 bridgehead atoms. The highest BCUT2D eigenvalue weighted by Crippen LogP contribution is 2.29. The number of carbonyl (C=O) groups is 2. The summed E-state index contributed by atoms with van der Waals surface area (Å²) in [6.07, 6.45) is 2.58. The van der Waals surface area contributed by atoms with Gasteiger partial charge < -0.3 is 20.4 Å². The summed E-state index contributed by atoms with van der Waals surface area (Å²) < 4.78 is 5.90. The van der Waals surface area contributed by atoms with E-state index in [1.165, 1.54) is 0 Å². The molecule has 25 heavy (non-hydrogen) atoms. The van der Waals surface area contributed by atoms with Crippen LogP contribution in [0.1, 0.15) is 43.6 Å². The van der Waals surface area contributed by atoms with E-state index in [4.69, 9.17) is 4.42 Å². The summed E-state index contributed by atoms with van der Waals surface area (Å²) in [6.45, 7) is 3.89. The Morgan fingerprint density at radius 1 is 1.24 bits per heavy atom. The Bertz CT molecular complexity index is 783. The minimum absolute atomic E-state index is 0.0102. The van der Waals surface area contributed by atoms with E-state index >= 15 is 0 Å². The average Bonchev–Trinajstić information content (AvgIpc) is 3.19. The highest BCUT2D eigenvalue weighted by Gasteiger charge is 2.33. The largest absolute Gasteiger partial charge is 0.459 e. The van der Waals surface area contributed by atoms with Gasteiger partial charge in [-0.3, -0.25) is 4.79 Å². The predicted octanol–water partition coefficient (Wildman–Crippen LogP) is 3.02. The number of carbonyl (C=O) groups excluding carboxylic acids is 2. The number of para-hydroxylation sites is 1. The SMILES string of the molecule is CNC(=O)C1CCCC1NC(=O)NC(C)c1oc2ccccc2c1C. The van der Waals surface area contributed by atoms with Gasteiger partial charge in [0.25, 0.3) is 0 Å². The topological polar surface area (TPSA) is 83.4 Å². The number of furan rings is 1. The summed E-state index contributed by atoms with van der Waals surface area (Å²) in [6, 6.07) is 7.18. The van der Waals surface area contributed by atoms with Crippen molar-refractivity contribution < 1.29 is 14.0 Å². The molecule has 0 aliphatic heterocycles. The van der Waals surface area contributed by atoms with Gasteiger partial charge in [-0.2, -0.15) is 0 Å². The van der Waals surface area contributed by atoms with E-state index in [9.17, 15) is 9.59 Å². The lowest BCUT2D eigenvalue weighted by atomic mass is 10.0. The van der Waals surface area contributed by atoms with Crippen molar-refractivity contribution in [3.05, 3.63) is 35.6 Å². The molecule has 3 rings (SSSR count). The first-order valence-electron chi connectivity index (χ1n) is 8.78. The molecule has 6 heteroatoms. The maximum atomic E-state index is 12.4. The van der Waals surface area contributed by atoms with Crippen molar-refractivity contribution in [3.63, 3.8) is 0 Å². The molecule has 1 aliphatic rings. The number of hydrogen-bond donors (Lipinski definition) is 3. The van der Waals surface area contributed by atoms with Crippen LogP contribution in [0.5, 0.6) is 0 Å². The fourth-order valence-electron chi connectivity index (χ4n) is 3.71. The van der Waals surface area contributed by atoms with Gasteiger partial charge in [0.15, 0.2) is 0 Å². The average molecular weight is 343 g/mol. The zero-order valence-corrected chi connectivity index (χ0v) is 14.9. The van der Waals surface area contributed by atoms with E-state index < -0.39 is 0 Å². The summed E-state index contributed by atoms with van der Waals surface area (Å²) in [5.74, 6) is 0.591. The molecule has 1 aromatic carbocycles. The molecule has 0 spiro atoms. The molecule has 3 N–H and O–H groups in total. The lowest BCUT2D eigenvalue weighted by molar-refractivity contribution is -0.124. The molecule has 1 heterocycles. The van der Waals surface area contributed by atoms with Crippen LogP contribution < -0.4 is 16.0 Å². The Kier molecular flexibility index (Phi) is 4.97. The first-order valence-corrected chi connectivity index (χ1v) is 8.78. The van der Waals surface area contributed by atoms with Crippen LogP contribution in [0.15, 0.2) is 28.7 Å². The number of hydrogen-bond acceptors (Lipinski definition) is 3. The molecule has 3 amide bonds. The Labute approximate surface area is 147 Å². The summed E-state index contributed by atoms with van der Waals surface area (Å²) in [7, 11) is 1.63. The molecule has 6 nitrogen and oxygen atoms in total. The first kappa shape index (κ1) is 17.3. The van der Waals surface area contributed by atoms with Crippen molar-refractivity contribution in [1.82, 2.24) is 16.0 Å². The van der Waals surface area contributed by atoms with Crippen molar-refractivity contribution in [3.8, 4) is 0 Å². The third kappa shape index (κ3) is 3.48. The van der Waals surface area contributed by atoms with Gasteiger partial charge in [-0.1, -0.05) is 24.6 Å². The lowest BCUT2D eigenvalue weighted by Gasteiger charge is -2.21. The van der Waals surface area contributed by atoms with Gasteiger partial charge in [-0.15, -0.1) is 0 Å². The maximum absolute atomic E-state index is 12.4. The van der Waals surface area contributed by atoms with Crippen molar-refractivity contribution in [1.29, 1.82) is 0 Å². The van der Waals surface area contributed by atoms with E-state index in [0.717, 1.165) is 41.6 Å². The summed E-state index contributed by atoms with van der Waals surface area (Å²) in [5, 5.41) is 9.60. The first-order chi connectivity index (χ1) is 12.0. The molecule has 0 saturated heterocycles. The number of amides is 3. The maximum Gasteiger partial charge on any atom is 0.315 e. The normalized spacial score (nSPS) is 21.1. The molecule has 1 saturated carbocycles. The monoisotopic (exact) mass is 343 g/mol. The number of fused-ring (bicyclic) bond motifs is 1. The number of benzene rings is 1. The highest BCUT2D eigenvalue weighted by atomic mass is 16.3. The Balaban J connectivity index is 1.66. The Hall–Kier alpha value is -2.50. The summed E-state index contributed by atoms with van der Waals surface area (Å²) in [5.41, 5.74) is 1.85. The second-order valence-electron chi connectivity index (χ2n) is 6.69. The van der Waals surface area contributed by atoms with Gasteiger partial charge in [0.1, 0.15) is 11.3 Å². The van der Waals surface area contributed by atoms with E-state index in [2.05, 4.69) is 16.0 Å². The Morgan fingerprint density at radius 2 is 2.00 bits per heavy atom. The van der Waals surface area contributed by atoms with Gasteiger partial charge in [0, 0.05) is 24.0 Å². The molecule has 2 aromatic rings. The number of urea groups is 1. The summed E-state index contributed by atoms with van der Waals surface area (Å²) >= 11 is 0. The lowest BCUT2D eigenvalue weighted by Crippen LogP contribution is -2.47. The quantitative estimate of drug-likeness (QED) is 0.798. The molecule has 3 atom stereocenters. The molecular formula is C19H25N3O3. The molecule has 134 valence electrons. The number of rotatable bonds is 4. The second kappa shape index (κ2) is 7.17. The molecular weight excluding hydrogens is 318 g/mol. The van der Waals surface area contributed by atoms with Gasteiger partial charge in [-0.25, -0.2) is 4.79 Å². The van der Waals surface area contributed by atoms with E-state index in [1.54, 1.807) is 7.05 Å². The van der Waals surface area contributed by atoms with Crippen molar-refractivity contribution >= 4 is 22.9 Å². The van der Waals surface area contributed by atoms with Crippen LogP contribution in [-0.4, -0.2) is 25.0 Å². The van der Waals surface area contributed by atoms with Crippen LogP contribution in [0.25, 0.3) is 11.0 Å². The van der Waals surface area contributed by atoms with Gasteiger partial charge in [0.05, 0.1) is 12.0 Å². The zero-order valence-electron chi connectivity index (χ0n) is 14.9. The van der Waals surface area contributed by atoms with Gasteiger partial charge in [-0.05, 0) is 32.8 Å². The fourth-order valence-corrected chi connectivity index (χ4v) is 3.71. The second-order valence-corrected chi connectivity index (χ2v) is 6.69. The standard InChI is InChI=1S/C19H25N3O3/c1-11-13-7-4-5-10-16(13)25-17(11)12(2)21-19(24)22-15-9-6-8-14(15)18(23)20-3/h4-5,7,10,12,14-15H,6,8-9H2,1-3H3,(H,20,23)(H2,21,22,24).